The highest BCUT2D eigenvalue weighted by Crippen LogP contribution is 2.39. The van der Waals surface area contributed by atoms with Gasteiger partial charge in [0.25, 0.3) is 11.8 Å². The Morgan fingerprint density at radius 2 is 1.34 bits per heavy atom. The number of primary amides is 1. The Hall–Kier alpha value is -8.54. The minimum Gasteiger partial charge on any atom is -0.493 e. The van der Waals surface area contributed by atoms with Crippen molar-refractivity contribution in [3.8, 4) is 23.0 Å². The summed E-state index contributed by atoms with van der Waals surface area (Å²) in [5.41, 5.74) is 8.06. The Balaban J connectivity index is 1.06. The van der Waals surface area contributed by atoms with Crippen molar-refractivity contribution < 1.29 is 77.1 Å². The molecule has 0 fully saturated rings. The summed E-state index contributed by atoms with van der Waals surface area (Å²) in [5, 5.41) is 29.7. The maximum absolute atomic E-state index is 13.8. The highest BCUT2D eigenvalue weighted by Gasteiger charge is 2.30. The highest BCUT2D eigenvalue weighted by molar-refractivity contribution is 7.20. The van der Waals surface area contributed by atoms with Crippen LogP contribution in [0.3, 0.4) is 0 Å². The first kappa shape index (κ1) is 60.7. The summed E-state index contributed by atoms with van der Waals surface area (Å²) in [7, 11) is 1.51. The summed E-state index contributed by atoms with van der Waals surface area (Å²) >= 11 is 1.20. The lowest BCUT2D eigenvalue weighted by Gasteiger charge is -2.25. The first-order valence-corrected chi connectivity index (χ1v) is 27.1. The molecule has 0 radical (unpaired) electrons. The van der Waals surface area contributed by atoms with Gasteiger partial charge in [0, 0.05) is 80.5 Å². The van der Waals surface area contributed by atoms with Crippen LogP contribution in [-0.4, -0.2) is 125 Å². The molecule has 8 N–H and O–H groups in total. The number of hydrogen-bond acceptors (Lipinski definition) is 15. The predicted octanol–water partition coefficient (Wildman–Crippen LogP) is 5.59. The van der Waals surface area contributed by atoms with Crippen molar-refractivity contribution >= 4 is 86.3 Å². The van der Waals surface area contributed by atoms with E-state index in [2.05, 4.69) is 21.3 Å². The number of amides is 8. The van der Waals surface area contributed by atoms with Crippen molar-refractivity contribution in [2.45, 2.75) is 116 Å². The van der Waals surface area contributed by atoms with E-state index in [-0.39, 0.29) is 113 Å². The molecule has 80 heavy (non-hydrogen) atoms. The summed E-state index contributed by atoms with van der Waals surface area (Å²) in [6, 6.07) is 12.7. The van der Waals surface area contributed by atoms with Crippen LogP contribution in [0.5, 0.6) is 23.0 Å². The van der Waals surface area contributed by atoms with Gasteiger partial charge in [-0.15, -0.1) is 11.3 Å². The van der Waals surface area contributed by atoms with Gasteiger partial charge in [-0.2, -0.15) is 0 Å². The number of carboxylic acid groups (broad SMARTS) is 2. The van der Waals surface area contributed by atoms with Crippen molar-refractivity contribution in [2.75, 3.05) is 38.7 Å². The van der Waals surface area contributed by atoms with Crippen LogP contribution in [0, 0.1) is 5.92 Å². The number of carbonyl (C=O) groups excluding carboxylic acids is 8. The molecular weight excluding hydrogens is 1060 g/mol. The lowest BCUT2D eigenvalue weighted by atomic mass is 10.0. The molecule has 0 unspecified atom stereocenters. The van der Waals surface area contributed by atoms with Crippen LogP contribution in [0.15, 0.2) is 66.7 Å². The van der Waals surface area contributed by atoms with Crippen molar-refractivity contribution in [3.63, 3.8) is 0 Å². The molecule has 24 heteroatoms. The van der Waals surface area contributed by atoms with Gasteiger partial charge >= 0.3 is 18.0 Å². The van der Waals surface area contributed by atoms with E-state index < -0.39 is 41.9 Å². The average molecular weight is 1130 g/mol. The van der Waals surface area contributed by atoms with Crippen LogP contribution in [-0.2, 0) is 58.1 Å². The number of methoxy groups -OCH3 is 1. The van der Waals surface area contributed by atoms with E-state index in [0.717, 1.165) is 16.0 Å². The SMILES string of the molecule is COc1cc2c(cc1OCCCOc1cc3cc(C(=O)CCC(=O)O)sc3cc1OCc1ccc(NC(=O)[C@H](CCCNC(N)=O)NC(=O)[C@@H](NC(=O)CCCCCN3C(=O)C=CC3=O)C(C)C)cc1)CN(C(=O)CCC(=O)O)C2. The summed E-state index contributed by atoms with van der Waals surface area (Å²) in [5.74, 6) is -3.66. The fourth-order valence-corrected chi connectivity index (χ4v) is 9.73. The number of benzene rings is 3. The van der Waals surface area contributed by atoms with Crippen LogP contribution in [0.25, 0.3) is 10.1 Å². The number of carboxylic acids is 2. The fourth-order valence-electron chi connectivity index (χ4n) is 8.69. The quantitative estimate of drug-likeness (QED) is 0.0174. The third-order valence-electron chi connectivity index (χ3n) is 13.0. The smallest absolute Gasteiger partial charge is 0.312 e. The fraction of sp³-hybridized carbons (Fsp3) is 0.429. The Labute approximate surface area is 465 Å². The molecule has 23 nitrogen and oxygen atoms in total. The van der Waals surface area contributed by atoms with Crippen molar-refractivity contribution in [1.82, 2.24) is 25.8 Å². The summed E-state index contributed by atoms with van der Waals surface area (Å²) in [6.07, 6.45) is 4.02. The maximum atomic E-state index is 13.8. The van der Waals surface area contributed by atoms with Crippen molar-refractivity contribution in [3.05, 3.63) is 88.3 Å². The van der Waals surface area contributed by atoms with Crippen LogP contribution in [0.4, 0.5) is 10.5 Å². The number of nitrogens with two attached hydrogens (primary N) is 1. The molecule has 8 amide bonds. The monoisotopic (exact) mass is 1130 g/mol. The zero-order chi connectivity index (χ0) is 57.9. The second kappa shape index (κ2) is 29.4. The number of Topliss-reactive ketones (excluding diaryl/α,β-unsaturated/α-hetero) is 1. The molecule has 6 rings (SSSR count). The molecule has 0 bridgehead atoms. The topological polar surface area (TPSA) is 329 Å². The summed E-state index contributed by atoms with van der Waals surface area (Å²) in [4.78, 5) is 126. The average Bonchev–Trinajstić information content (AvgIpc) is 4.15. The number of unbranched alkanes of at least 4 members (excludes halogenated alkanes) is 2. The molecular formula is C56H67N7O16S. The number of thiophene rings is 1. The molecule has 0 saturated carbocycles. The van der Waals surface area contributed by atoms with Gasteiger partial charge < -0.3 is 61.1 Å². The number of nitrogens with one attached hydrogen (secondary N) is 4. The summed E-state index contributed by atoms with van der Waals surface area (Å²) < 4.78 is 25.0. The second-order valence-electron chi connectivity index (χ2n) is 19.5. The standard InChI is InChI=1S/C56H67N7O16S/c1-33(2)53(61-47(65)10-5-4-6-22-63-49(67)16-17-50(63)68)55(74)60-39(9-7-21-58-56(57)75)54(73)59-38-13-11-34(12-14-38)32-79-44-29-45-35(28-46(80-45)40(64)15-19-51(69)70)25-43(44)78-24-8-23-77-42-27-37-31-62(48(66)18-20-52(71)72)30-36(37)26-41(42)76-3/h11-14,16-17,25-29,33,39,53H,4-10,15,18-24,30-32H2,1-3H3,(H,59,73)(H,60,74)(H,61,65)(H,69,70)(H,71,72)(H3,57,58,75)/t39-,53-/m0/s1. The highest BCUT2D eigenvalue weighted by atomic mass is 32.1. The normalized spacial score (nSPS) is 13.4. The van der Waals surface area contributed by atoms with E-state index in [1.807, 2.05) is 6.07 Å². The number of hydrogen-bond donors (Lipinski definition) is 7. The molecule has 0 spiro atoms. The number of carbonyl (C=O) groups is 10. The van der Waals surface area contributed by atoms with Gasteiger partial charge in [0.05, 0.1) is 38.0 Å². The Morgan fingerprint density at radius 1 is 0.700 bits per heavy atom. The molecule has 3 heterocycles. The molecule has 0 saturated heterocycles. The van der Waals surface area contributed by atoms with Gasteiger partial charge in [-0.05, 0) is 90.1 Å². The lowest BCUT2D eigenvalue weighted by Crippen LogP contribution is -2.54. The number of ether oxygens (including phenoxy) is 4. The maximum Gasteiger partial charge on any atom is 0.312 e. The summed E-state index contributed by atoms with van der Waals surface area (Å²) in [6.45, 7) is 4.95. The third-order valence-corrected chi connectivity index (χ3v) is 14.1. The van der Waals surface area contributed by atoms with Crippen molar-refractivity contribution in [2.24, 2.45) is 11.7 Å². The number of nitrogens with zero attached hydrogens (tertiary/aromatic N) is 2. The van der Waals surface area contributed by atoms with E-state index in [9.17, 15) is 47.9 Å². The zero-order valence-corrected chi connectivity index (χ0v) is 45.6. The van der Waals surface area contributed by atoms with Gasteiger partial charge in [-0.25, -0.2) is 4.79 Å². The number of aliphatic carboxylic acids is 2. The molecule has 2 aliphatic rings. The molecule has 4 aromatic rings. The van der Waals surface area contributed by atoms with E-state index >= 15 is 0 Å². The molecule has 2 atom stereocenters. The van der Waals surface area contributed by atoms with E-state index in [4.69, 9.17) is 34.9 Å². The number of rotatable bonds is 33. The number of imide groups is 1. The Bertz CT molecular complexity index is 2960. The third kappa shape index (κ3) is 18.0. The lowest BCUT2D eigenvalue weighted by molar-refractivity contribution is -0.141. The first-order chi connectivity index (χ1) is 38.3. The Morgan fingerprint density at radius 3 is 1.98 bits per heavy atom. The van der Waals surface area contributed by atoms with E-state index in [1.54, 1.807) is 67.3 Å². The molecule has 3 aromatic carbocycles. The number of fused-ring (bicyclic) bond motifs is 2. The van der Waals surface area contributed by atoms with Gasteiger partial charge in [0.2, 0.25) is 23.6 Å². The van der Waals surface area contributed by atoms with Crippen LogP contribution >= 0.6 is 11.3 Å². The molecule has 1 aromatic heterocycles. The van der Waals surface area contributed by atoms with Gasteiger partial charge in [-0.1, -0.05) is 32.4 Å². The second-order valence-corrected chi connectivity index (χ2v) is 20.5. The molecule has 428 valence electrons. The largest absolute Gasteiger partial charge is 0.493 e. The molecule has 2 aliphatic heterocycles. The number of anilines is 1. The van der Waals surface area contributed by atoms with E-state index in [0.29, 0.717) is 88.0 Å². The number of ketones is 1. The zero-order valence-electron chi connectivity index (χ0n) is 44.8. The van der Waals surface area contributed by atoms with Crippen LogP contribution in [0.2, 0.25) is 0 Å². The minimum absolute atomic E-state index is 0.0435. The van der Waals surface area contributed by atoms with Gasteiger partial charge in [-0.3, -0.25) is 48.1 Å². The molecule has 0 aliphatic carbocycles. The first-order valence-electron chi connectivity index (χ1n) is 26.2. The van der Waals surface area contributed by atoms with Crippen molar-refractivity contribution in [1.29, 1.82) is 0 Å². The predicted molar refractivity (Wildman–Crippen MR) is 292 cm³/mol. The van der Waals surface area contributed by atoms with Gasteiger partial charge in [0.1, 0.15) is 18.7 Å². The van der Waals surface area contributed by atoms with Gasteiger partial charge in [0.15, 0.2) is 28.8 Å². The van der Waals surface area contributed by atoms with Crippen LogP contribution < -0.4 is 45.9 Å². The van der Waals surface area contributed by atoms with E-state index in [1.165, 1.54) is 30.6 Å². The van der Waals surface area contributed by atoms with Crippen LogP contribution in [0.1, 0.15) is 111 Å². The minimum atomic E-state index is -1.08. The number of urea groups is 1. The Kier molecular flexibility index (Phi) is 22.3.